The van der Waals surface area contributed by atoms with E-state index in [2.05, 4.69) is 0 Å². The Bertz CT molecular complexity index is 561. The van der Waals surface area contributed by atoms with Gasteiger partial charge in [0.25, 0.3) is 0 Å². The smallest absolute Gasteiger partial charge is 0.133 e. The first-order valence-corrected chi connectivity index (χ1v) is 6.49. The van der Waals surface area contributed by atoms with Crippen LogP contribution in [-0.4, -0.2) is 0 Å². The molecule has 2 aromatic rings. The molecule has 0 heterocycles. The van der Waals surface area contributed by atoms with Gasteiger partial charge in [-0.25, -0.2) is 13.2 Å². The molecule has 1 nitrogen and oxygen atoms in total. The van der Waals surface area contributed by atoms with Crippen LogP contribution in [0.25, 0.3) is 0 Å². The number of halogens is 3. The number of hydrogen-bond donors (Lipinski definition) is 1. The number of hydrogen-bond acceptors (Lipinski definition) is 1. The lowest BCUT2D eigenvalue weighted by Gasteiger charge is -2.24. The van der Waals surface area contributed by atoms with Crippen LogP contribution in [0, 0.1) is 17.5 Å². The second-order valence-corrected chi connectivity index (χ2v) is 4.73. The van der Waals surface area contributed by atoms with E-state index in [4.69, 9.17) is 5.73 Å². The van der Waals surface area contributed by atoms with Crippen molar-refractivity contribution in [3.63, 3.8) is 0 Å². The first-order chi connectivity index (χ1) is 9.54. The Morgan fingerprint density at radius 1 is 1.00 bits per heavy atom. The molecule has 0 fully saturated rings. The van der Waals surface area contributed by atoms with Gasteiger partial charge in [0, 0.05) is 29.7 Å². The van der Waals surface area contributed by atoms with Crippen molar-refractivity contribution >= 4 is 0 Å². The SMILES string of the molecule is CCC(c1ccccc1)C(N)c1c(F)cc(F)cc1F. The summed E-state index contributed by atoms with van der Waals surface area (Å²) in [7, 11) is 0. The summed E-state index contributed by atoms with van der Waals surface area (Å²) in [6, 6.07) is 9.76. The molecule has 0 aliphatic carbocycles. The predicted molar refractivity (Wildman–Crippen MR) is 72.7 cm³/mol. The van der Waals surface area contributed by atoms with Gasteiger partial charge in [-0.1, -0.05) is 37.3 Å². The summed E-state index contributed by atoms with van der Waals surface area (Å²) in [5, 5.41) is 0. The van der Waals surface area contributed by atoms with E-state index in [0.29, 0.717) is 18.6 Å². The molecule has 0 aliphatic heterocycles. The molecule has 0 amide bonds. The molecule has 0 aliphatic rings. The van der Waals surface area contributed by atoms with Gasteiger partial charge >= 0.3 is 0 Å². The minimum Gasteiger partial charge on any atom is -0.323 e. The largest absolute Gasteiger partial charge is 0.323 e. The summed E-state index contributed by atoms with van der Waals surface area (Å²) >= 11 is 0. The van der Waals surface area contributed by atoms with Crippen LogP contribution in [-0.2, 0) is 0 Å². The van der Waals surface area contributed by atoms with Crippen molar-refractivity contribution in [1.82, 2.24) is 0 Å². The molecule has 2 atom stereocenters. The average molecular weight is 279 g/mol. The highest BCUT2D eigenvalue weighted by atomic mass is 19.1. The lowest BCUT2D eigenvalue weighted by atomic mass is 9.85. The van der Waals surface area contributed by atoms with Gasteiger partial charge in [0.05, 0.1) is 0 Å². The summed E-state index contributed by atoms with van der Waals surface area (Å²) in [6.45, 7) is 1.90. The van der Waals surface area contributed by atoms with Gasteiger partial charge in [0.15, 0.2) is 0 Å². The van der Waals surface area contributed by atoms with E-state index in [1.54, 1.807) is 0 Å². The van der Waals surface area contributed by atoms with Crippen molar-refractivity contribution in [2.24, 2.45) is 5.73 Å². The van der Waals surface area contributed by atoms with E-state index in [0.717, 1.165) is 5.56 Å². The molecule has 2 rings (SSSR count). The fourth-order valence-corrected chi connectivity index (χ4v) is 2.47. The van der Waals surface area contributed by atoms with Crippen LogP contribution in [0.5, 0.6) is 0 Å². The van der Waals surface area contributed by atoms with Crippen molar-refractivity contribution < 1.29 is 13.2 Å². The molecule has 0 saturated heterocycles. The third-order valence-electron chi connectivity index (χ3n) is 3.48. The van der Waals surface area contributed by atoms with Gasteiger partial charge in [-0.3, -0.25) is 0 Å². The molecule has 4 heteroatoms. The first-order valence-electron chi connectivity index (χ1n) is 6.49. The quantitative estimate of drug-likeness (QED) is 0.887. The van der Waals surface area contributed by atoms with Gasteiger partial charge in [0.1, 0.15) is 17.5 Å². The Morgan fingerprint density at radius 3 is 2.05 bits per heavy atom. The highest BCUT2D eigenvalue weighted by Gasteiger charge is 2.26. The normalized spacial score (nSPS) is 14.1. The molecule has 0 radical (unpaired) electrons. The van der Waals surface area contributed by atoms with Gasteiger partial charge < -0.3 is 5.73 Å². The van der Waals surface area contributed by atoms with Gasteiger partial charge in [-0.15, -0.1) is 0 Å². The standard InChI is InChI=1S/C16H16F3N/c1-2-12(10-6-4-3-5-7-10)16(20)15-13(18)8-11(17)9-14(15)19/h3-9,12,16H,2,20H2,1H3. The molecule has 2 unspecified atom stereocenters. The van der Waals surface area contributed by atoms with E-state index in [1.165, 1.54) is 0 Å². The van der Waals surface area contributed by atoms with Crippen molar-refractivity contribution in [3.05, 3.63) is 71.0 Å². The molecule has 0 saturated carbocycles. The number of nitrogens with two attached hydrogens (primary N) is 1. The molecule has 2 N–H and O–H groups in total. The van der Waals surface area contributed by atoms with Crippen LogP contribution in [0.4, 0.5) is 13.2 Å². The number of rotatable bonds is 4. The highest BCUT2D eigenvalue weighted by molar-refractivity contribution is 5.30. The van der Waals surface area contributed by atoms with Crippen molar-refractivity contribution in [3.8, 4) is 0 Å². The first kappa shape index (κ1) is 14.6. The van der Waals surface area contributed by atoms with Crippen LogP contribution in [0.2, 0.25) is 0 Å². The van der Waals surface area contributed by atoms with Crippen molar-refractivity contribution in [2.45, 2.75) is 25.3 Å². The predicted octanol–water partition coefficient (Wildman–Crippen LogP) is 4.30. The monoisotopic (exact) mass is 279 g/mol. The van der Waals surface area contributed by atoms with Crippen LogP contribution >= 0.6 is 0 Å². The molecule has 0 spiro atoms. The van der Waals surface area contributed by atoms with Gasteiger partial charge in [-0.05, 0) is 12.0 Å². The van der Waals surface area contributed by atoms with Crippen LogP contribution in [0.3, 0.4) is 0 Å². The van der Waals surface area contributed by atoms with Crippen molar-refractivity contribution in [1.29, 1.82) is 0 Å². The molecule has 106 valence electrons. The second-order valence-electron chi connectivity index (χ2n) is 4.73. The third kappa shape index (κ3) is 2.85. The van der Waals surface area contributed by atoms with E-state index in [9.17, 15) is 13.2 Å². The maximum Gasteiger partial charge on any atom is 0.133 e. The zero-order chi connectivity index (χ0) is 14.7. The lowest BCUT2D eigenvalue weighted by Crippen LogP contribution is -2.22. The highest BCUT2D eigenvalue weighted by Crippen LogP contribution is 2.34. The molecule has 0 aromatic heterocycles. The summed E-state index contributed by atoms with van der Waals surface area (Å²) in [6.07, 6.45) is 0.626. The van der Waals surface area contributed by atoms with Crippen LogP contribution < -0.4 is 5.73 Å². The van der Waals surface area contributed by atoms with Gasteiger partial charge in [0.2, 0.25) is 0 Å². The zero-order valence-electron chi connectivity index (χ0n) is 11.1. The van der Waals surface area contributed by atoms with E-state index < -0.39 is 23.5 Å². The lowest BCUT2D eigenvalue weighted by molar-refractivity contribution is 0.461. The second kappa shape index (κ2) is 6.09. The fraction of sp³-hybridized carbons (Fsp3) is 0.250. The number of benzene rings is 2. The van der Waals surface area contributed by atoms with Crippen LogP contribution in [0.15, 0.2) is 42.5 Å². The minimum atomic E-state index is -0.941. The summed E-state index contributed by atoms with van der Waals surface area (Å²) in [4.78, 5) is 0. The maximum atomic E-state index is 13.8. The maximum absolute atomic E-state index is 13.8. The fourth-order valence-electron chi connectivity index (χ4n) is 2.47. The Labute approximate surface area is 116 Å². The molecule has 0 bridgehead atoms. The van der Waals surface area contributed by atoms with E-state index >= 15 is 0 Å². The third-order valence-corrected chi connectivity index (χ3v) is 3.48. The molecule has 20 heavy (non-hydrogen) atoms. The van der Waals surface area contributed by atoms with Gasteiger partial charge in [-0.2, -0.15) is 0 Å². The zero-order valence-corrected chi connectivity index (χ0v) is 11.1. The van der Waals surface area contributed by atoms with Crippen LogP contribution in [0.1, 0.15) is 36.4 Å². The van der Waals surface area contributed by atoms with E-state index in [-0.39, 0.29) is 11.5 Å². The molecular weight excluding hydrogens is 263 g/mol. The molecular formula is C16H16F3N. The van der Waals surface area contributed by atoms with E-state index in [1.807, 2.05) is 37.3 Å². The molecule has 2 aromatic carbocycles. The summed E-state index contributed by atoms with van der Waals surface area (Å²) in [5.41, 5.74) is 6.68. The Morgan fingerprint density at radius 2 is 1.55 bits per heavy atom. The topological polar surface area (TPSA) is 26.0 Å². The summed E-state index contributed by atoms with van der Waals surface area (Å²) in [5.74, 6) is -3.05. The Balaban J connectivity index is 2.42. The van der Waals surface area contributed by atoms with Crippen molar-refractivity contribution in [2.75, 3.05) is 0 Å². The summed E-state index contributed by atoms with van der Waals surface area (Å²) < 4.78 is 40.6. The average Bonchev–Trinajstić information content (AvgIpc) is 2.39. The minimum absolute atomic E-state index is 0.231. The Kier molecular flexibility index (Phi) is 4.45. The Hall–Kier alpha value is -1.81.